The number of aromatic nitrogens is 1. The summed E-state index contributed by atoms with van der Waals surface area (Å²) in [6, 6.07) is 2.67. The molecule has 2 heteroatoms. The van der Waals surface area contributed by atoms with Gasteiger partial charge in [-0.3, -0.25) is 4.98 Å². The van der Waals surface area contributed by atoms with Crippen LogP contribution in [0.5, 0.6) is 0 Å². The van der Waals surface area contributed by atoms with Gasteiger partial charge in [-0.15, -0.1) is 0 Å². The van der Waals surface area contributed by atoms with E-state index in [-0.39, 0.29) is 0 Å². The third kappa shape index (κ3) is 2.81. The number of rotatable bonds is 4. The van der Waals surface area contributed by atoms with Crippen molar-refractivity contribution in [3.05, 3.63) is 29.6 Å². The summed E-state index contributed by atoms with van der Waals surface area (Å²) in [6.07, 6.45) is 4.89. The Labute approximate surface area is 86.8 Å². The molecule has 0 aliphatic carbocycles. The molecule has 1 unspecified atom stereocenters. The number of nitrogens with one attached hydrogen (secondary N) is 1. The summed E-state index contributed by atoms with van der Waals surface area (Å²) < 4.78 is 0. The first kappa shape index (κ1) is 11.2. The standard InChI is InChI=1S/C12H20N2/c1-9(2)12(13-4)7-11-5-6-14-8-10(11)3/h5-6,8-9,12-13H,7H2,1-4H3. The minimum absolute atomic E-state index is 0.552. The summed E-state index contributed by atoms with van der Waals surface area (Å²) in [7, 11) is 2.03. The second-order valence-electron chi connectivity index (χ2n) is 4.15. The minimum Gasteiger partial charge on any atom is -0.316 e. The second-order valence-corrected chi connectivity index (χ2v) is 4.15. The zero-order chi connectivity index (χ0) is 10.6. The van der Waals surface area contributed by atoms with Gasteiger partial charge in [0.1, 0.15) is 0 Å². The van der Waals surface area contributed by atoms with E-state index in [0.717, 1.165) is 6.42 Å². The van der Waals surface area contributed by atoms with Crippen LogP contribution < -0.4 is 5.32 Å². The average molecular weight is 192 g/mol. The van der Waals surface area contributed by atoms with Gasteiger partial charge in [0.15, 0.2) is 0 Å². The monoisotopic (exact) mass is 192 g/mol. The Hall–Kier alpha value is -0.890. The first-order valence-electron chi connectivity index (χ1n) is 5.22. The topological polar surface area (TPSA) is 24.9 Å². The summed E-state index contributed by atoms with van der Waals surface area (Å²) in [5, 5.41) is 3.36. The molecule has 2 nitrogen and oxygen atoms in total. The average Bonchev–Trinajstić information content (AvgIpc) is 2.16. The molecule has 0 fully saturated rings. The lowest BCUT2D eigenvalue weighted by Gasteiger charge is -2.20. The van der Waals surface area contributed by atoms with Gasteiger partial charge in [-0.05, 0) is 43.5 Å². The fraction of sp³-hybridized carbons (Fsp3) is 0.583. The minimum atomic E-state index is 0.552. The van der Waals surface area contributed by atoms with Crippen molar-refractivity contribution in [2.24, 2.45) is 5.92 Å². The Morgan fingerprint density at radius 3 is 2.64 bits per heavy atom. The molecular formula is C12H20N2. The molecule has 0 aliphatic rings. The molecule has 1 rings (SSSR count). The maximum Gasteiger partial charge on any atom is 0.0299 e. The molecule has 0 amide bonds. The molecule has 1 aromatic rings. The van der Waals surface area contributed by atoms with Crippen LogP contribution in [0.15, 0.2) is 18.5 Å². The summed E-state index contributed by atoms with van der Waals surface area (Å²) in [5.41, 5.74) is 2.68. The van der Waals surface area contributed by atoms with E-state index in [2.05, 4.69) is 37.1 Å². The fourth-order valence-corrected chi connectivity index (χ4v) is 1.64. The lowest BCUT2D eigenvalue weighted by Crippen LogP contribution is -2.32. The fourth-order valence-electron chi connectivity index (χ4n) is 1.64. The smallest absolute Gasteiger partial charge is 0.0299 e. The highest BCUT2D eigenvalue weighted by atomic mass is 14.9. The molecule has 1 N–H and O–H groups in total. The normalized spacial score (nSPS) is 13.2. The number of likely N-dealkylation sites (N-methyl/N-ethyl adjacent to an activating group) is 1. The molecular weight excluding hydrogens is 172 g/mol. The number of hydrogen-bond donors (Lipinski definition) is 1. The molecule has 78 valence electrons. The molecule has 0 radical (unpaired) electrons. The van der Waals surface area contributed by atoms with E-state index in [4.69, 9.17) is 0 Å². The highest BCUT2D eigenvalue weighted by Crippen LogP contribution is 2.12. The van der Waals surface area contributed by atoms with Crippen molar-refractivity contribution in [3.63, 3.8) is 0 Å². The van der Waals surface area contributed by atoms with Crippen molar-refractivity contribution in [2.45, 2.75) is 33.2 Å². The lowest BCUT2D eigenvalue weighted by molar-refractivity contribution is 0.424. The van der Waals surface area contributed by atoms with Gasteiger partial charge in [0.25, 0.3) is 0 Å². The van der Waals surface area contributed by atoms with Gasteiger partial charge in [-0.1, -0.05) is 13.8 Å². The van der Waals surface area contributed by atoms with Crippen LogP contribution in [0, 0.1) is 12.8 Å². The Balaban J connectivity index is 2.72. The SMILES string of the molecule is CNC(Cc1ccncc1C)C(C)C. The van der Waals surface area contributed by atoms with E-state index >= 15 is 0 Å². The van der Waals surface area contributed by atoms with Crippen molar-refractivity contribution >= 4 is 0 Å². The molecule has 1 heterocycles. The van der Waals surface area contributed by atoms with Crippen LogP contribution in [-0.2, 0) is 6.42 Å². The predicted octanol–water partition coefficient (Wildman–Crippen LogP) is 2.18. The molecule has 0 spiro atoms. The van der Waals surface area contributed by atoms with Crippen molar-refractivity contribution in [1.82, 2.24) is 10.3 Å². The van der Waals surface area contributed by atoms with E-state index in [1.807, 2.05) is 19.4 Å². The van der Waals surface area contributed by atoms with Gasteiger partial charge in [-0.2, -0.15) is 0 Å². The quantitative estimate of drug-likeness (QED) is 0.791. The molecule has 0 bridgehead atoms. The van der Waals surface area contributed by atoms with E-state index in [1.165, 1.54) is 11.1 Å². The predicted molar refractivity (Wildman–Crippen MR) is 60.4 cm³/mol. The van der Waals surface area contributed by atoms with Gasteiger partial charge >= 0.3 is 0 Å². The van der Waals surface area contributed by atoms with Gasteiger partial charge < -0.3 is 5.32 Å². The van der Waals surface area contributed by atoms with Gasteiger partial charge in [0, 0.05) is 18.4 Å². The Kier molecular flexibility index (Phi) is 4.08. The summed E-state index contributed by atoms with van der Waals surface area (Å²) in [5.74, 6) is 0.660. The third-order valence-corrected chi connectivity index (χ3v) is 2.75. The molecule has 0 aliphatic heterocycles. The maximum absolute atomic E-state index is 4.10. The van der Waals surface area contributed by atoms with Crippen LogP contribution in [0.3, 0.4) is 0 Å². The Morgan fingerprint density at radius 1 is 1.43 bits per heavy atom. The van der Waals surface area contributed by atoms with Gasteiger partial charge in [0.05, 0.1) is 0 Å². The first-order chi connectivity index (χ1) is 6.65. The van der Waals surface area contributed by atoms with Crippen LogP contribution in [-0.4, -0.2) is 18.1 Å². The van der Waals surface area contributed by atoms with Crippen molar-refractivity contribution in [3.8, 4) is 0 Å². The molecule has 0 saturated heterocycles. The lowest BCUT2D eigenvalue weighted by atomic mass is 9.95. The molecule has 0 saturated carbocycles. The second kappa shape index (κ2) is 5.11. The highest BCUT2D eigenvalue weighted by molar-refractivity contribution is 5.22. The van der Waals surface area contributed by atoms with E-state index in [0.29, 0.717) is 12.0 Å². The van der Waals surface area contributed by atoms with E-state index < -0.39 is 0 Å². The number of nitrogens with zero attached hydrogens (tertiary/aromatic N) is 1. The van der Waals surface area contributed by atoms with Crippen LogP contribution in [0.4, 0.5) is 0 Å². The maximum atomic E-state index is 4.10. The zero-order valence-corrected chi connectivity index (χ0v) is 9.54. The van der Waals surface area contributed by atoms with Crippen LogP contribution in [0.25, 0.3) is 0 Å². The largest absolute Gasteiger partial charge is 0.316 e. The molecule has 0 aromatic carbocycles. The van der Waals surface area contributed by atoms with Crippen molar-refractivity contribution in [1.29, 1.82) is 0 Å². The third-order valence-electron chi connectivity index (χ3n) is 2.75. The highest BCUT2D eigenvalue weighted by Gasteiger charge is 2.12. The summed E-state index contributed by atoms with van der Waals surface area (Å²) in [4.78, 5) is 4.10. The molecule has 1 aromatic heterocycles. The molecule has 14 heavy (non-hydrogen) atoms. The summed E-state index contributed by atoms with van der Waals surface area (Å²) in [6.45, 7) is 6.62. The Bertz CT molecular complexity index is 281. The summed E-state index contributed by atoms with van der Waals surface area (Å²) >= 11 is 0. The van der Waals surface area contributed by atoms with Crippen molar-refractivity contribution in [2.75, 3.05) is 7.05 Å². The Morgan fingerprint density at radius 2 is 2.14 bits per heavy atom. The van der Waals surface area contributed by atoms with Gasteiger partial charge in [0.2, 0.25) is 0 Å². The van der Waals surface area contributed by atoms with Crippen LogP contribution in [0.2, 0.25) is 0 Å². The number of hydrogen-bond acceptors (Lipinski definition) is 2. The van der Waals surface area contributed by atoms with Crippen LogP contribution in [0.1, 0.15) is 25.0 Å². The number of pyridine rings is 1. The molecule has 1 atom stereocenters. The van der Waals surface area contributed by atoms with Crippen molar-refractivity contribution < 1.29 is 0 Å². The van der Waals surface area contributed by atoms with Gasteiger partial charge in [-0.25, -0.2) is 0 Å². The van der Waals surface area contributed by atoms with E-state index in [9.17, 15) is 0 Å². The van der Waals surface area contributed by atoms with E-state index in [1.54, 1.807) is 0 Å². The van der Waals surface area contributed by atoms with Crippen LogP contribution >= 0.6 is 0 Å². The number of aryl methyl sites for hydroxylation is 1. The first-order valence-corrected chi connectivity index (χ1v) is 5.22. The zero-order valence-electron chi connectivity index (χ0n) is 9.54.